The number of Topliss-reactive ketones (excluding diaryl/α,β-unsaturated/α-hetero) is 1. The van der Waals surface area contributed by atoms with Crippen LogP contribution >= 0.6 is 0 Å². The Morgan fingerprint density at radius 2 is 1.90 bits per heavy atom. The third kappa shape index (κ3) is 9.10. The van der Waals surface area contributed by atoms with Crippen LogP contribution < -0.4 is 16.4 Å². The molecule has 0 aromatic rings. The van der Waals surface area contributed by atoms with Gasteiger partial charge in [0.1, 0.15) is 6.10 Å². The molecular formula is C31H43N3O8. The zero-order valence-corrected chi connectivity index (χ0v) is 25.1. The van der Waals surface area contributed by atoms with E-state index in [1.54, 1.807) is 45.1 Å². The summed E-state index contributed by atoms with van der Waals surface area (Å²) in [6.45, 7) is 10.9. The number of carbonyl (C=O) groups is 4. The first-order valence-electron chi connectivity index (χ1n) is 13.8. The van der Waals surface area contributed by atoms with E-state index in [1.807, 2.05) is 6.92 Å². The lowest BCUT2D eigenvalue weighted by Gasteiger charge is -2.30. The van der Waals surface area contributed by atoms with E-state index < -0.39 is 53.9 Å². The third-order valence-electron chi connectivity index (χ3n) is 7.22. The Morgan fingerprint density at radius 1 is 1.21 bits per heavy atom. The van der Waals surface area contributed by atoms with Crippen LogP contribution in [-0.2, 0) is 28.6 Å². The normalized spacial score (nSPS) is 31.6. The summed E-state index contributed by atoms with van der Waals surface area (Å²) in [6, 6.07) is 0. The fourth-order valence-corrected chi connectivity index (χ4v) is 4.95. The van der Waals surface area contributed by atoms with Crippen molar-refractivity contribution >= 4 is 23.6 Å². The highest BCUT2D eigenvalue weighted by Gasteiger charge is 2.33. The van der Waals surface area contributed by atoms with E-state index in [0.29, 0.717) is 12.0 Å². The number of nitrogens with two attached hydrogens (primary N) is 1. The van der Waals surface area contributed by atoms with Gasteiger partial charge in [-0.25, -0.2) is 4.79 Å². The number of nitrogens with one attached hydrogen (secondary N) is 2. The molecule has 2 rings (SSSR count). The number of amides is 2. The van der Waals surface area contributed by atoms with Gasteiger partial charge >= 0.3 is 6.09 Å². The Balaban J connectivity index is 2.62. The first-order valence-corrected chi connectivity index (χ1v) is 13.8. The number of aliphatic hydroxyl groups is 1. The molecule has 0 radical (unpaired) electrons. The number of rotatable bonds is 6. The van der Waals surface area contributed by atoms with E-state index >= 15 is 0 Å². The maximum atomic E-state index is 13.5. The summed E-state index contributed by atoms with van der Waals surface area (Å²) in [7, 11) is 2.92. The Labute approximate surface area is 247 Å². The lowest BCUT2D eigenvalue weighted by atomic mass is 9.85. The van der Waals surface area contributed by atoms with Crippen molar-refractivity contribution in [3.8, 4) is 0 Å². The van der Waals surface area contributed by atoms with Gasteiger partial charge < -0.3 is 35.7 Å². The maximum Gasteiger partial charge on any atom is 0.405 e. The first kappa shape index (κ1) is 34.4. The zero-order chi connectivity index (χ0) is 31.6. The van der Waals surface area contributed by atoms with Gasteiger partial charge in [-0.3, -0.25) is 14.4 Å². The third-order valence-corrected chi connectivity index (χ3v) is 7.22. The average molecular weight is 586 g/mol. The smallest absolute Gasteiger partial charge is 0.405 e. The molecule has 0 fully saturated rings. The number of ketones is 2. The Kier molecular flexibility index (Phi) is 13.1. The topological polar surface area (TPSA) is 166 Å². The van der Waals surface area contributed by atoms with Gasteiger partial charge in [-0.15, -0.1) is 6.58 Å². The van der Waals surface area contributed by atoms with Gasteiger partial charge in [0.25, 0.3) is 5.91 Å². The van der Waals surface area contributed by atoms with E-state index in [0.717, 1.165) is 6.08 Å². The minimum atomic E-state index is -1.00. The van der Waals surface area contributed by atoms with Gasteiger partial charge in [-0.1, -0.05) is 44.2 Å². The summed E-state index contributed by atoms with van der Waals surface area (Å²) in [5, 5.41) is 16.7. The fourth-order valence-electron chi connectivity index (χ4n) is 4.95. The van der Waals surface area contributed by atoms with Gasteiger partial charge in [-0.2, -0.15) is 0 Å². The Hall–Kier alpha value is -3.80. The van der Waals surface area contributed by atoms with Gasteiger partial charge in [0.2, 0.25) is 11.6 Å². The number of aliphatic hydroxyl groups excluding tert-OH is 1. The number of methoxy groups -OCH3 is 2. The van der Waals surface area contributed by atoms with Crippen LogP contribution in [0.25, 0.3) is 0 Å². The minimum absolute atomic E-state index is 0.132. The van der Waals surface area contributed by atoms with Crippen molar-refractivity contribution < 1.29 is 38.5 Å². The van der Waals surface area contributed by atoms with Crippen molar-refractivity contribution in [2.75, 3.05) is 20.8 Å². The second kappa shape index (κ2) is 16.0. The van der Waals surface area contributed by atoms with Crippen LogP contribution in [0.15, 0.2) is 71.1 Å². The lowest BCUT2D eigenvalue weighted by Crippen LogP contribution is -2.37. The van der Waals surface area contributed by atoms with Gasteiger partial charge in [0.05, 0.1) is 23.6 Å². The molecule has 5 N–H and O–H groups in total. The van der Waals surface area contributed by atoms with E-state index in [2.05, 4.69) is 17.2 Å². The van der Waals surface area contributed by atoms with Crippen LogP contribution in [0.3, 0.4) is 0 Å². The molecule has 42 heavy (non-hydrogen) atoms. The summed E-state index contributed by atoms with van der Waals surface area (Å²) in [4.78, 5) is 51.3. The molecule has 4 unspecified atom stereocenters. The van der Waals surface area contributed by atoms with Crippen molar-refractivity contribution in [2.24, 2.45) is 17.6 Å². The van der Waals surface area contributed by atoms with E-state index in [1.165, 1.54) is 20.3 Å². The molecule has 0 aromatic carbocycles. The molecular weight excluding hydrogens is 542 g/mol. The summed E-state index contributed by atoms with van der Waals surface area (Å²) >= 11 is 0. The summed E-state index contributed by atoms with van der Waals surface area (Å²) in [6.07, 6.45) is 5.34. The number of allylic oxidation sites excluding steroid dienone is 4. The number of carbonyl (C=O) groups excluding carboxylic acids is 4. The molecule has 11 heteroatoms. The summed E-state index contributed by atoms with van der Waals surface area (Å²) in [5.41, 5.74) is 6.42. The van der Waals surface area contributed by atoms with Crippen LogP contribution in [0.5, 0.6) is 0 Å². The second-order valence-corrected chi connectivity index (χ2v) is 10.6. The first-order chi connectivity index (χ1) is 19.8. The zero-order valence-electron chi connectivity index (χ0n) is 25.1. The Bertz CT molecular complexity index is 1210. The highest BCUT2D eigenvalue weighted by atomic mass is 16.6. The van der Waals surface area contributed by atoms with Gasteiger partial charge in [0.15, 0.2) is 6.10 Å². The van der Waals surface area contributed by atoms with Crippen molar-refractivity contribution in [3.05, 3.63) is 71.1 Å². The quantitative estimate of drug-likeness (QED) is 0.271. The molecule has 0 saturated heterocycles. The average Bonchev–Trinajstić information content (AvgIpc) is 2.94. The molecule has 11 nitrogen and oxygen atoms in total. The van der Waals surface area contributed by atoms with Crippen LogP contribution in [0.2, 0.25) is 0 Å². The van der Waals surface area contributed by atoms with Crippen LogP contribution in [0.1, 0.15) is 40.5 Å². The molecule has 0 aromatic heterocycles. The lowest BCUT2D eigenvalue weighted by molar-refractivity contribution is -0.120. The molecule has 1 aliphatic heterocycles. The van der Waals surface area contributed by atoms with E-state index in [4.69, 9.17) is 19.9 Å². The summed E-state index contributed by atoms with van der Waals surface area (Å²) < 4.78 is 16.6. The monoisotopic (exact) mass is 585 g/mol. The molecule has 2 aliphatic rings. The van der Waals surface area contributed by atoms with Crippen LogP contribution in [0, 0.1) is 11.8 Å². The van der Waals surface area contributed by atoms with Crippen molar-refractivity contribution in [2.45, 2.75) is 65.0 Å². The predicted octanol–water partition coefficient (Wildman–Crippen LogP) is 2.54. The highest BCUT2D eigenvalue weighted by molar-refractivity contribution is 6.23. The molecule has 1 aliphatic carbocycles. The highest BCUT2D eigenvalue weighted by Crippen LogP contribution is 2.28. The predicted molar refractivity (Wildman–Crippen MR) is 158 cm³/mol. The minimum Gasteiger partial charge on any atom is -0.439 e. The van der Waals surface area contributed by atoms with E-state index in [9.17, 15) is 24.3 Å². The van der Waals surface area contributed by atoms with Crippen LogP contribution in [-0.4, -0.2) is 73.9 Å². The molecule has 2 bridgehead atoms. The molecule has 2 amide bonds. The van der Waals surface area contributed by atoms with Crippen molar-refractivity contribution in [1.82, 2.24) is 10.6 Å². The maximum absolute atomic E-state index is 13.5. The molecule has 6 atom stereocenters. The van der Waals surface area contributed by atoms with Gasteiger partial charge in [-0.05, 0) is 38.2 Å². The number of hydrogen-bond acceptors (Lipinski definition) is 9. The molecule has 0 saturated carbocycles. The largest absolute Gasteiger partial charge is 0.439 e. The number of fused-ring (bicyclic) bond motifs is 2. The number of primary amides is 1. The molecule has 0 spiro atoms. The number of hydrogen-bond donors (Lipinski definition) is 4. The molecule has 1 heterocycles. The van der Waals surface area contributed by atoms with Crippen LogP contribution in [0.4, 0.5) is 4.79 Å². The van der Waals surface area contributed by atoms with Crippen molar-refractivity contribution in [3.63, 3.8) is 0 Å². The van der Waals surface area contributed by atoms with Crippen molar-refractivity contribution in [1.29, 1.82) is 0 Å². The number of ether oxygens (including phenoxy) is 3. The Morgan fingerprint density at radius 3 is 2.50 bits per heavy atom. The fraction of sp³-hybridized carbons (Fsp3) is 0.484. The van der Waals surface area contributed by atoms with E-state index in [-0.39, 0.29) is 41.4 Å². The standard InChI is InChI=1S/C31H43N3O8/c1-8-12-33-26-21-13-17(2)14-25(41-7)27(36)19(4)15-20(5)29(42-31(32)39)24(40-6)11-9-10-18(3)30(38)34-22(28(21)37)16-23(26)35/h8-11,15-17,19,24-25,27,29,33,36H,1,12-14H2,2-7H3,(H2,32,39)(H,34,38)/b11-9-,18-10+,20-15+/t17?,19-,24?,25-,27?,29?/m0/s1. The summed E-state index contributed by atoms with van der Waals surface area (Å²) in [5.74, 6) is -2.14. The van der Waals surface area contributed by atoms with Gasteiger partial charge in [0, 0.05) is 43.9 Å². The second-order valence-electron chi connectivity index (χ2n) is 10.6. The SMILES string of the molecule is C=CCNC1=C2CC(C)C[C@H](OC)C(O)[C@@H](C)/C=C(\C)C(OC(N)=O)C(OC)/C=C\C=C(/C)C(=O)NC(=CC1=O)C2=O. The molecule has 230 valence electrons.